The van der Waals surface area contributed by atoms with Crippen LogP contribution < -0.4 is 11.1 Å². The molecule has 1 fully saturated rings. The molecule has 144 valence electrons. The molecule has 4 heterocycles. The minimum absolute atomic E-state index is 0.0184. The second-order valence-electron chi connectivity index (χ2n) is 7.96. The van der Waals surface area contributed by atoms with Crippen LogP contribution in [0.3, 0.4) is 0 Å². The maximum absolute atomic E-state index is 12.7. The van der Waals surface area contributed by atoms with Gasteiger partial charge in [0.25, 0.3) is 5.91 Å². The molecule has 9 nitrogen and oxygen atoms in total. The van der Waals surface area contributed by atoms with Gasteiger partial charge in [-0.2, -0.15) is 10.2 Å². The topological polar surface area (TPSA) is 95.0 Å². The molecule has 0 radical (unpaired) electrons. The number of hydrogen-bond donors (Lipinski definition) is 0. The summed E-state index contributed by atoms with van der Waals surface area (Å²) in [6.07, 6.45) is 3.86. The van der Waals surface area contributed by atoms with Gasteiger partial charge in [-0.1, -0.05) is 0 Å². The Bertz CT molecular complexity index is 1010. The second kappa shape index (κ2) is 6.17. The zero-order chi connectivity index (χ0) is 19.3. The summed E-state index contributed by atoms with van der Waals surface area (Å²) in [6.45, 7) is 5.45. The first-order valence-electron chi connectivity index (χ1n) is 9.31. The van der Waals surface area contributed by atoms with Crippen LogP contribution in [-0.4, -0.2) is 48.0 Å². The van der Waals surface area contributed by atoms with Crippen molar-refractivity contribution >= 4 is 5.91 Å². The lowest BCUT2D eigenvalue weighted by Gasteiger charge is -2.38. The van der Waals surface area contributed by atoms with Crippen molar-refractivity contribution in [3.8, 4) is 0 Å². The highest BCUT2D eigenvalue weighted by atomic mass is 16.2. The van der Waals surface area contributed by atoms with Gasteiger partial charge in [-0.05, 0) is 38.2 Å². The van der Waals surface area contributed by atoms with Gasteiger partial charge in [0.2, 0.25) is 0 Å². The van der Waals surface area contributed by atoms with E-state index in [9.17, 15) is 14.4 Å². The highest BCUT2D eigenvalue weighted by molar-refractivity contribution is 5.92. The van der Waals surface area contributed by atoms with Crippen LogP contribution in [0.25, 0.3) is 0 Å². The predicted molar refractivity (Wildman–Crippen MR) is 97.6 cm³/mol. The van der Waals surface area contributed by atoms with Gasteiger partial charge in [-0.3, -0.25) is 23.6 Å². The Morgan fingerprint density at radius 3 is 2.48 bits per heavy atom. The van der Waals surface area contributed by atoms with E-state index in [2.05, 4.69) is 10.2 Å². The highest BCUT2D eigenvalue weighted by Crippen LogP contribution is 2.40. The van der Waals surface area contributed by atoms with Crippen molar-refractivity contribution in [3.05, 3.63) is 44.5 Å². The van der Waals surface area contributed by atoms with Crippen molar-refractivity contribution in [1.82, 2.24) is 29.0 Å². The molecule has 0 aromatic carbocycles. The van der Waals surface area contributed by atoms with E-state index < -0.39 is 11.1 Å². The number of nitrogens with zero attached hydrogens (tertiary/aromatic N) is 6. The number of aryl methyl sites for hydroxylation is 1. The number of likely N-dealkylation sites (tertiary alicyclic amines) is 1. The van der Waals surface area contributed by atoms with Crippen molar-refractivity contribution in [3.63, 3.8) is 0 Å². The SMILES string of the molecule is CC(C)n1nc2n(c(=O)c1=O)CC1(CCN(C(=O)c3ccnn3C)CC1)C2. The number of fused-ring (bicyclic) bond motifs is 1. The summed E-state index contributed by atoms with van der Waals surface area (Å²) in [5.74, 6) is 0.662. The summed E-state index contributed by atoms with van der Waals surface area (Å²) in [6, 6.07) is 1.58. The average Bonchev–Trinajstić information content (AvgIpc) is 3.22. The number of carbonyl (C=O) groups is 1. The average molecular weight is 372 g/mol. The first-order chi connectivity index (χ1) is 12.8. The zero-order valence-corrected chi connectivity index (χ0v) is 15.9. The number of amides is 1. The fourth-order valence-corrected chi connectivity index (χ4v) is 4.19. The fraction of sp³-hybridized carbons (Fsp3) is 0.611. The quantitative estimate of drug-likeness (QED) is 0.702. The Kier molecular flexibility index (Phi) is 4.05. The summed E-state index contributed by atoms with van der Waals surface area (Å²) in [7, 11) is 1.76. The molecular weight excluding hydrogens is 348 g/mol. The van der Waals surface area contributed by atoms with Gasteiger partial charge >= 0.3 is 11.1 Å². The molecule has 1 saturated heterocycles. The maximum atomic E-state index is 12.7. The largest absolute Gasteiger partial charge is 0.337 e. The van der Waals surface area contributed by atoms with Crippen molar-refractivity contribution in [2.75, 3.05) is 13.1 Å². The highest BCUT2D eigenvalue weighted by Gasteiger charge is 2.43. The number of carbonyl (C=O) groups excluding carboxylic acids is 1. The lowest BCUT2D eigenvalue weighted by atomic mass is 9.77. The number of hydrogen-bond acceptors (Lipinski definition) is 5. The molecule has 0 unspecified atom stereocenters. The third-order valence-corrected chi connectivity index (χ3v) is 5.84. The monoisotopic (exact) mass is 372 g/mol. The first kappa shape index (κ1) is 17.7. The van der Waals surface area contributed by atoms with Crippen molar-refractivity contribution in [2.24, 2.45) is 12.5 Å². The van der Waals surface area contributed by atoms with Crippen LogP contribution in [-0.2, 0) is 20.0 Å². The minimum atomic E-state index is -0.561. The Morgan fingerprint density at radius 2 is 1.89 bits per heavy atom. The number of piperidine rings is 1. The van der Waals surface area contributed by atoms with E-state index in [1.54, 1.807) is 28.6 Å². The molecule has 0 bridgehead atoms. The molecule has 1 spiro atoms. The van der Waals surface area contributed by atoms with Crippen LogP contribution in [0.1, 0.15) is 49.0 Å². The molecule has 1 amide bonds. The molecule has 0 N–H and O–H groups in total. The molecule has 9 heteroatoms. The van der Waals surface area contributed by atoms with Gasteiger partial charge in [-0.15, -0.1) is 0 Å². The molecule has 0 saturated carbocycles. The predicted octanol–water partition coefficient (Wildman–Crippen LogP) is 0.198. The third kappa shape index (κ3) is 2.81. The molecular formula is C18H24N6O3. The fourth-order valence-electron chi connectivity index (χ4n) is 4.19. The molecule has 2 aromatic heterocycles. The third-order valence-electron chi connectivity index (χ3n) is 5.84. The van der Waals surface area contributed by atoms with E-state index in [4.69, 9.17) is 0 Å². The molecule has 2 aliphatic rings. The number of aromatic nitrogens is 5. The van der Waals surface area contributed by atoms with Gasteiger partial charge in [-0.25, -0.2) is 4.68 Å². The van der Waals surface area contributed by atoms with Crippen LogP contribution in [0.15, 0.2) is 21.9 Å². The Hall–Kier alpha value is -2.71. The van der Waals surface area contributed by atoms with Crippen LogP contribution in [0.4, 0.5) is 0 Å². The summed E-state index contributed by atoms with van der Waals surface area (Å²) < 4.78 is 4.41. The van der Waals surface area contributed by atoms with Crippen LogP contribution in [0.5, 0.6) is 0 Å². The van der Waals surface area contributed by atoms with Crippen molar-refractivity contribution < 1.29 is 4.79 Å². The normalized spacial score (nSPS) is 18.3. The Labute approximate surface area is 156 Å². The standard InChI is InChI=1S/C18H24N6O3/c1-12(2)24-17(27)16(26)23-11-18(10-14(23)20-24)5-8-22(9-6-18)15(25)13-4-7-19-21(13)3/h4,7,12H,5-6,8-11H2,1-3H3. The van der Waals surface area contributed by atoms with Gasteiger partial charge < -0.3 is 4.90 Å². The van der Waals surface area contributed by atoms with E-state index in [1.807, 2.05) is 18.7 Å². The second-order valence-corrected chi connectivity index (χ2v) is 7.96. The molecule has 2 aromatic rings. The summed E-state index contributed by atoms with van der Waals surface area (Å²) in [5.41, 5.74) is -0.577. The van der Waals surface area contributed by atoms with Crippen LogP contribution in [0, 0.1) is 5.41 Å². The minimum Gasteiger partial charge on any atom is -0.337 e. The summed E-state index contributed by atoms with van der Waals surface area (Å²) in [4.78, 5) is 39.3. The van der Waals surface area contributed by atoms with Crippen LogP contribution >= 0.6 is 0 Å². The first-order valence-corrected chi connectivity index (χ1v) is 9.31. The Morgan fingerprint density at radius 1 is 1.19 bits per heavy atom. The van der Waals surface area contributed by atoms with E-state index in [0.717, 1.165) is 12.8 Å². The van der Waals surface area contributed by atoms with Gasteiger partial charge in [0, 0.05) is 39.3 Å². The molecule has 2 aliphatic heterocycles. The van der Waals surface area contributed by atoms with E-state index in [-0.39, 0.29) is 17.4 Å². The molecule has 4 rings (SSSR count). The van der Waals surface area contributed by atoms with E-state index in [1.165, 1.54) is 4.68 Å². The lowest BCUT2D eigenvalue weighted by Crippen LogP contribution is -2.46. The van der Waals surface area contributed by atoms with Gasteiger partial charge in [0.05, 0.1) is 6.04 Å². The van der Waals surface area contributed by atoms with Crippen molar-refractivity contribution in [2.45, 2.75) is 45.7 Å². The maximum Gasteiger partial charge on any atom is 0.332 e. The van der Waals surface area contributed by atoms with Crippen molar-refractivity contribution in [1.29, 1.82) is 0 Å². The number of rotatable bonds is 2. The molecule has 0 aliphatic carbocycles. The van der Waals surface area contributed by atoms with E-state index >= 15 is 0 Å². The van der Waals surface area contributed by atoms with Gasteiger partial charge in [0.15, 0.2) is 0 Å². The van der Waals surface area contributed by atoms with E-state index in [0.29, 0.717) is 37.6 Å². The lowest BCUT2D eigenvalue weighted by molar-refractivity contribution is 0.0565. The zero-order valence-electron chi connectivity index (χ0n) is 15.9. The summed E-state index contributed by atoms with van der Waals surface area (Å²) in [5, 5.41) is 8.51. The molecule has 27 heavy (non-hydrogen) atoms. The molecule has 0 atom stereocenters. The Balaban J connectivity index is 1.53. The van der Waals surface area contributed by atoms with Gasteiger partial charge in [0.1, 0.15) is 11.5 Å². The summed E-state index contributed by atoms with van der Waals surface area (Å²) >= 11 is 0. The smallest absolute Gasteiger partial charge is 0.332 e. The van der Waals surface area contributed by atoms with Crippen LogP contribution in [0.2, 0.25) is 0 Å².